The molecule has 7 heteroatoms. The van der Waals surface area contributed by atoms with Gasteiger partial charge in [-0.3, -0.25) is 9.59 Å². The van der Waals surface area contributed by atoms with Crippen molar-refractivity contribution in [1.29, 1.82) is 0 Å². The highest BCUT2D eigenvalue weighted by Crippen LogP contribution is 2.28. The van der Waals surface area contributed by atoms with E-state index in [-0.39, 0.29) is 36.1 Å². The van der Waals surface area contributed by atoms with Gasteiger partial charge < -0.3 is 19.4 Å². The van der Waals surface area contributed by atoms with Gasteiger partial charge in [0.15, 0.2) is 0 Å². The highest BCUT2D eigenvalue weighted by atomic mass is 19.1. The summed E-state index contributed by atoms with van der Waals surface area (Å²) >= 11 is 0. The second kappa shape index (κ2) is 8.96. The zero-order valence-corrected chi connectivity index (χ0v) is 18.0. The first-order chi connectivity index (χ1) is 14.9. The maximum atomic E-state index is 13.1. The second-order valence-corrected chi connectivity index (χ2v) is 8.35. The van der Waals surface area contributed by atoms with E-state index in [1.165, 1.54) is 12.1 Å². The van der Waals surface area contributed by atoms with Crippen molar-refractivity contribution in [2.24, 2.45) is 5.92 Å². The van der Waals surface area contributed by atoms with Crippen molar-refractivity contribution in [2.45, 2.75) is 26.4 Å². The van der Waals surface area contributed by atoms with Gasteiger partial charge in [0, 0.05) is 50.5 Å². The molecule has 2 heterocycles. The van der Waals surface area contributed by atoms with Crippen molar-refractivity contribution in [1.82, 2.24) is 4.90 Å². The van der Waals surface area contributed by atoms with Gasteiger partial charge in [0.2, 0.25) is 11.8 Å². The zero-order chi connectivity index (χ0) is 22.0. The number of hydrogen-bond donors (Lipinski definition) is 0. The molecule has 4 rings (SSSR count). The molecule has 0 spiro atoms. The molecule has 2 saturated heterocycles. The van der Waals surface area contributed by atoms with Crippen molar-refractivity contribution >= 4 is 23.2 Å². The number of nitrogens with zero attached hydrogens (tertiary/aromatic N) is 3. The van der Waals surface area contributed by atoms with Crippen LogP contribution in [0.4, 0.5) is 15.8 Å². The number of ether oxygens (including phenoxy) is 1. The summed E-state index contributed by atoms with van der Waals surface area (Å²) in [5, 5.41) is 0. The van der Waals surface area contributed by atoms with Gasteiger partial charge in [-0.25, -0.2) is 4.39 Å². The molecule has 2 aromatic carbocycles. The van der Waals surface area contributed by atoms with Crippen molar-refractivity contribution in [3.8, 4) is 5.75 Å². The Hall–Kier alpha value is -3.09. The molecule has 164 valence electrons. The van der Waals surface area contributed by atoms with Crippen molar-refractivity contribution in [2.75, 3.05) is 42.5 Å². The lowest BCUT2D eigenvalue weighted by atomic mass is 10.1. The Kier molecular flexibility index (Phi) is 6.11. The summed E-state index contributed by atoms with van der Waals surface area (Å²) in [6.07, 6.45) is 0.325. The fraction of sp³-hybridized carbons (Fsp3) is 0.417. The molecule has 1 atom stereocenters. The number of carbonyl (C=O) groups is 2. The van der Waals surface area contributed by atoms with E-state index in [1.807, 2.05) is 43.0 Å². The van der Waals surface area contributed by atoms with E-state index in [1.54, 1.807) is 17.0 Å². The number of anilines is 2. The number of benzene rings is 2. The number of hydrogen-bond acceptors (Lipinski definition) is 4. The fourth-order valence-corrected chi connectivity index (χ4v) is 4.19. The smallest absolute Gasteiger partial charge is 0.228 e. The average Bonchev–Trinajstić information content (AvgIpc) is 3.16. The summed E-state index contributed by atoms with van der Waals surface area (Å²) in [6.45, 7) is 6.92. The highest BCUT2D eigenvalue weighted by Gasteiger charge is 2.38. The SMILES string of the molecule is CC(C)Oc1ccc(N2C[C@@H](C(=O)N3CCN(c4ccc(F)cc4)CC3)CC2=O)cc1. The van der Waals surface area contributed by atoms with Crippen LogP contribution in [0.15, 0.2) is 48.5 Å². The van der Waals surface area contributed by atoms with Crippen LogP contribution in [0, 0.1) is 11.7 Å². The molecule has 0 unspecified atom stereocenters. The van der Waals surface area contributed by atoms with Gasteiger partial charge in [0.25, 0.3) is 0 Å². The molecule has 0 N–H and O–H groups in total. The van der Waals surface area contributed by atoms with Crippen LogP contribution in [-0.2, 0) is 9.59 Å². The standard InChI is InChI=1S/C24H28FN3O3/c1-17(2)31-22-9-7-21(8-10-22)28-16-18(15-23(28)29)24(30)27-13-11-26(12-14-27)20-5-3-19(25)4-6-20/h3-10,17-18H,11-16H2,1-2H3/t18-/m0/s1. The Balaban J connectivity index is 1.34. The van der Waals surface area contributed by atoms with Gasteiger partial charge >= 0.3 is 0 Å². The van der Waals surface area contributed by atoms with Gasteiger partial charge in [0.1, 0.15) is 11.6 Å². The van der Waals surface area contributed by atoms with Gasteiger partial charge in [-0.05, 0) is 62.4 Å². The Morgan fingerprint density at radius 2 is 1.58 bits per heavy atom. The van der Waals surface area contributed by atoms with E-state index in [4.69, 9.17) is 4.74 Å². The first-order valence-electron chi connectivity index (χ1n) is 10.8. The van der Waals surface area contributed by atoms with Gasteiger partial charge in [0.05, 0.1) is 12.0 Å². The van der Waals surface area contributed by atoms with Crippen LogP contribution in [0.3, 0.4) is 0 Å². The molecule has 2 amide bonds. The van der Waals surface area contributed by atoms with Crippen LogP contribution in [-0.4, -0.2) is 55.5 Å². The number of halogens is 1. The molecule has 2 aliphatic heterocycles. The summed E-state index contributed by atoms with van der Waals surface area (Å²) in [6, 6.07) is 13.9. The monoisotopic (exact) mass is 425 g/mol. The van der Waals surface area contributed by atoms with Crippen molar-refractivity contribution in [3.63, 3.8) is 0 Å². The Morgan fingerprint density at radius 3 is 2.19 bits per heavy atom. The molecular formula is C24H28FN3O3. The minimum atomic E-state index is -0.323. The molecule has 6 nitrogen and oxygen atoms in total. The Bertz CT molecular complexity index is 922. The predicted molar refractivity (Wildman–Crippen MR) is 118 cm³/mol. The van der Waals surface area contributed by atoms with Gasteiger partial charge in [-0.1, -0.05) is 0 Å². The maximum Gasteiger partial charge on any atom is 0.228 e. The van der Waals surface area contributed by atoms with Crippen molar-refractivity contribution < 1.29 is 18.7 Å². The highest BCUT2D eigenvalue weighted by molar-refractivity contribution is 6.00. The molecule has 2 aromatic rings. The lowest BCUT2D eigenvalue weighted by Crippen LogP contribution is -2.50. The lowest BCUT2D eigenvalue weighted by molar-refractivity contribution is -0.136. The van der Waals surface area contributed by atoms with Crippen LogP contribution in [0.1, 0.15) is 20.3 Å². The van der Waals surface area contributed by atoms with Crippen molar-refractivity contribution in [3.05, 3.63) is 54.3 Å². The number of piperazine rings is 1. The lowest BCUT2D eigenvalue weighted by Gasteiger charge is -2.37. The number of rotatable bonds is 5. The number of carbonyl (C=O) groups excluding carboxylic acids is 2. The zero-order valence-electron chi connectivity index (χ0n) is 18.0. The molecular weight excluding hydrogens is 397 g/mol. The second-order valence-electron chi connectivity index (χ2n) is 8.35. The minimum Gasteiger partial charge on any atom is -0.491 e. The summed E-state index contributed by atoms with van der Waals surface area (Å²) < 4.78 is 18.8. The normalized spacial score (nSPS) is 19.3. The third-order valence-corrected chi connectivity index (χ3v) is 5.78. The van der Waals surface area contributed by atoms with E-state index < -0.39 is 0 Å². The largest absolute Gasteiger partial charge is 0.491 e. The first kappa shape index (κ1) is 21.2. The summed E-state index contributed by atoms with van der Waals surface area (Å²) in [5.74, 6) is 0.193. The molecule has 0 aliphatic carbocycles. The Morgan fingerprint density at radius 1 is 0.968 bits per heavy atom. The van der Waals surface area contributed by atoms with Crippen LogP contribution in [0.5, 0.6) is 5.75 Å². The molecule has 2 aliphatic rings. The van der Waals surface area contributed by atoms with E-state index in [0.29, 0.717) is 32.7 Å². The molecule has 2 fully saturated rings. The molecule has 0 saturated carbocycles. The summed E-state index contributed by atoms with van der Waals surface area (Å²) in [5.41, 5.74) is 1.75. The summed E-state index contributed by atoms with van der Waals surface area (Å²) in [7, 11) is 0. The minimum absolute atomic E-state index is 0.0270. The van der Waals surface area contributed by atoms with Crippen LogP contribution in [0.2, 0.25) is 0 Å². The van der Waals surface area contributed by atoms with Crippen LogP contribution in [0.25, 0.3) is 0 Å². The van der Waals surface area contributed by atoms with Crippen LogP contribution >= 0.6 is 0 Å². The molecule has 0 radical (unpaired) electrons. The maximum absolute atomic E-state index is 13.1. The topological polar surface area (TPSA) is 53.1 Å². The summed E-state index contributed by atoms with van der Waals surface area (Å²) in [4.78, 5) is 31.3. The average molecular weight is 426 g/mol. The predicted octanol–water partition coefficient (Wildman–Crippen LogP) is 3.31. The van der Waals surface area contributed by atoms with E-state index in [9.17, 15) is 14.0 Å². The van der Waals surface area contributed by atoms with E-state index in [2.05, 4.69) is 4.90 Å². The fourth-order valence-electron chi connectivity index (χ4n) is 4.19. The van der Waals surface area contributed by atoms with E-state index in [0.717, 1.165) is 17.1 Å². The first-order valence-corrected chi connectivity index (χ1v) is 10.8. The molecule has 0 aromatic heterocycles. The van der Waals surface area contributed by atoms with Crippen LogP contribution < -0.4 is 14.5 Å². The third kappa shape index (κ3) is 4.81. The van der Waals surface area contributed by atoms with Gasteiger partial charge in [-0.15, -0.1) is 0 Å². The van der Waals surface area contributed by atoms with E-state index >= 15 is 0 Å². The molecule has 31 heavy (non-hydrogen) atoms. The van der Waals surface area contributed by atoms with Gasteiger partial charge in [-0.2, -0.15) is 0 Å². The quantitative estimate of drug-likeness (QED) is 0.738. The number of amides is 2. The third-order valence-electron chi connectivity index (χ3n) is 5.78. The molecule has 0 bridgehead atoms. The Labute approximate surface area is 182 Å².